The molecule has 2 heterocycles. The van der Waals surface area contributed by atoms with Crippen molar-refractivity contribution in [1.82, 2.24) is 0 Å². The van der Waals surface area contributed by atoms with Gasteiger partial charge in [-0.1, -0.05) is 24.3 Å². The maximum absolute atomic E-state index is 12.2. The molecule has 1 aromatic heterocycles. The van der Waals surface area contributed by atoms with Crippen molar-refractivity contribution < 1.29 is 4.79 Å². The summed E-state index contributed by atoms with van der Waals surface area (Å²) in [6, 6.07) is 10.5. The zero-order valence-electron chi connectivity index (χ0n) is 11.1. The molecule has 2 aliphatic rings. The van der Waals surface area contributed by atoms with Crippen LogP contribution in [-0.2, 0) is 13.1 Å². The minimum Gasteiger partial charge on any atom is -0.397 e. The lowest BCUT2D eigenvalue weighted by atomic mass is 10.1. The summed E-state index contributed by atoms with van der Waals surface area (Å²) in [6.45, 7) is 1.82. The maximum atomic E-state index is 12.2. The molecule has 4 heteroatoms. The van der Waals surface area contributed by atoms with Crippen LogP contribution in [0.4, 0.5) is 10.7 Å². The zero-order chi connectivity index (χ0) is 13.7. The molecule has 102 valence electrons. The van der Waals surface area contributed by atoms with Crippen LogP contribution in [0.15, 0.2) is 30.3 Å². The molecule has 1 aromatic carbocycles. The summed E-state index contributed by atoms with van der Waals surface area (Å²) in [6.07, 6.45) is 2.06. The van der Waals surface area contributed by atoms with E-state index in [9.17, 15) is 4.79 Å². The Labute approximate surface area is 122 Å². The number of anilines is 2. The van der Waals surface area contributed by atoms with Gasteiger partial charge in [0.2, 0.25) is 0 Å². The molecule has 0 saturated heterocycles. The highest BCUT2D eigenvalue weighted by Crippen LogP contribution is 2.41. The van der Waals surface area contributed by atoms with Crippen LogP contribution < -0.4 is 10.6 Å². The van der Waals surface area contributed by atoms with E-state index in [0.29, 0.717) is 5.69 Å². The fourth-order valence-electron chi connectivity index (χ4n) is 2.76. The molecule has 0 spiro atoms. The smallest absolute Gasteiger partial charge is 0.178 e. The average molecular weight is 284 g/mol. The molecule has 0 amide bonds. The van der Waals surface area contributed by atoms with Crippen LogP contribution in [-0.4, -0.2) is 5.78 Å². The number of Topliss-reactive ketones (excluding diaryl/α,β-unsaturated/α-hetero) is 1. The van der Waals surface area contributed by atoms with E-state index in [1.807, 2.05) is 6.07 Å². The SMILES string of the molecule is Nc1cc(N2Cc3ccccc3C2)sc1C(=O)C1CC1. The van der Waals surface area contributed by atoms with E-state index >= 15 is 0 Å². The number of carbonyl (C=O) groups is 1. The molecule has 1 saturated carbocycles. The number of nitrogen functional groups attached to an aromatic ring is 1. The Hall–Kier alpha value is -1.81. The van der Waals surface area contributed by atoms with Crippen molar-refractivity contribution >= 4 is 27.8 Å². The largest absolute Gasteiger partial charge is 0.397 e. The number of hydrogen-bond acceptors (Lipinski definition) is 4. The first-order valence-corrected chi connectivity index (χ1v) is 7.79. The lowest BCUT2D eigenvalue weighted by molar-refractivity contribution is 0.0972. The number of ketones is 1. The predicted molar refractivity (Wildman–Crippen MR) is 82.1 cm³/mol. The van der Waals surface area contributed by atoms with Gasteiger partial charge in [0.1, 0.15) is 0 Å². The van der Waals surface area contributed by atoms with E-state index in [4.69, 9.17) is 5.73 Å². The number of hydrogen-bond donors (Lipinski definition) is 1. The van der Waals surface area contributed by atoms with Crippen molar-refractivity contribution in [2.45, 2.75) is 25.9 Å². The monoisotopic (exact) mass is 284 g/mol. The van der Waals surface area contributed by atoms with Gasteiger partial charge in [0.15, 0.2) is 5.78 Å². The number of fused-ring (bicyclic) bond motifs is 1. The van der Waals surface area contributed by atoms with Crippen molar-refractivity contribution in [2.24, 2.45) is 5.92 Å². The Morgan fingerprint density at radius 1 is 1.20 bits per heavy atom. The van der Waals surface area contributed by atoms with Gasteiger partial charge in [-0.25, -0.2) is 0 Å². The van der Waals surface area contributed by atoms with Gasteiger partial charge in [-0.15, -0.1) is 11.3 Å². The number of nitrogens with zero attached hydrogens (tertiary/aromatic N) is 1. The lowest BCUT2D eigenvalue weighted by Gasteiger charge is -2.14. The number of rotatable bonds is 3. The first kappa shape index (κ1) is 12.0. The van der Waals surface area contributed by atoms with Crippen molar-refractivity contribution in [2.75, 3.05) is 10.6 Å². The molecule has 0 unspecified atom stereocenters. The Balaban J connectivity index is 1.61. The van der Waals surface area contributed by atoms with Crippen LogP contribution >= 0.6 is 11.3 Å². The lowest BCUT2D eigenvalue weighted by Crippen LogP contribution is -2.12. The molecular formula is C16H16N2OS. The minimum atomic E-state index is 0.236. The molecule has 0 atom stereocenters. The Morgan fingerprint density at radius 3 is 2.45 bits per heavy atom. The first-order chi connectivity index (χ1) is 9.72. The maximum Gasteiger partial charge on any atom is 0.178 e. The highest BCUT2D eigenvalue weighted by atomic mass is 32.1. The van der Waals surface area contributed by atoms with Gasteiger partial charge < -0.3 is 10.6 Å². The fourth-order valence-corrected chi connectivity index (χ4v) is 3.86. The van der Waals surface area contributed by atoms with Crippen LogP contribution in [0.1, 0.15) is 33.6 Å². The van der Waals surface area contributed by atoms with Crippen LogP contribution in [0.25, 0.3) is 0 Å². The Morgan fingerprint density at radius 2 is 1.85 bits per heavy atom. The molecule has 1 fully saturated rings. The molecule has 2 N–H and O–H groups in total. The molecule has 1 aliphatic heterocycles. The van der Waals surface area contributed by atoms with Crippen molar-refractivity contribution in [3.63, 3.8) is 0 Å². The fraction of sp³-hybridized carbons (Fsp3) is 0.312. The summed E-state index contributed by atoms with van der Waals surface area (Å²) in [5.41, 5.74) is 9.43. The van der Waals surface area contributed by atoms with Gasteiger partial charge in [-0.05, 0) is 30.0 Å². The number of thiophene rings is 1. The zero-order valence-corrected chi connectivity index (χ0v) is 12.0. The van der Waals surface area contributed by atoms with Crippen LogP contribution in [0, 0.1) is 5.92 Å². The third-order valence-electron chi connectivity index (χ3n) is 4.07. The molecular weight excluding hydrogens is 268 g/mol. The van der Waals surface area contributed by atoms with E-state index in [-0.39, 0.29) is 11.7 Å². The van der Waals surface area contributed by atoms with E-state index in [1.165, 1.54) is 11.1 Å². The second kappa shape index (κ2) is 4.35. The van der Waals surface area contributed by atoms with Crippen molar-refractivity contribution in [3.05, 3.63) is 46.3 Å². The van der Waals surface area contributed by atoms with E-state index in [2.05, 4.69) is 29.2 Å². The second-order valence-electron chi connectivity index (χ2n) is 5.63. The first-order valence-electron chi connectivity index (χ1n) is 6.97. The highest BCUT2D eigenvalue weighted by Gasteiger charge is 2.33. The quantitative estimate of drug-likeness (QED) is 0.878. The van der Waals surface area contributed by atoms with Crippen LogP contribution in [0.5, 0.6) is 0 Å². The van der Waals surface area contributed by atoms with Gasteiger partial charge >= 0.3 is 0 Å². The average Bonchev–Trinajstić information content (AvgIpc) is 3.09. The summed E-state index contributed by atoms with van der Waals surface area (Å²) in [5.74, 6) is 0.482. The van der Waals surface area contributed by atoms with E-state index < -0.39 is 0 Å². The summed E-state index contributed by atoms with van der Waals surface area (Å²) < 4.78 is 0. The molecule has 3 nitrogen and oxygen atoms in total. The van der Waals surface area contributed by atoms with Crippen molar-refractivity contribution in [3.8, 4) is 0 Å². The molecule has 0 bridgehead atoms. The third kappa shape index (κ3) is 1.91. The van der Waals surface area contributed by atoms with E-state index in [0.717, 1.165) is 35.8 Å². The van der Waals surface area contributed by atoms with Crippen LogP contribution in [0.3, 0.4) is 0 Å². The number of nitrogens with two attached hydrogens (primary N) is 1. The second-order valence-corrected chi connectivity index (χ2v) is 6.66. The summed E-state index contributed by atoms with van der Waals surface area (Å²) in [7, 11) is 0. The summed E-state index contributed by atoms with van der Waals surface area (Å²) in [5, 5.41) is 1.11. The van der Waals surface area contributed by atoms with Crippen LogP contribution in [0.2, 0.25) is 0 Å². The molecule has 2 aromatic rings. The topological polar surface area (TPSA) is 46.3 Å². The van der Waals surface area contributed by atoms with E-state index in [1.54, 1.807) is 11.3 Å². The summed E-state index contributed by atoms with van der Waals surface area (Å²) in [4.78, 5) is 15.2. The van der Waals surface area contributed by atoms with Crippen molar-refractivity contribution in [1.29, 1.82) is 0 Å². The Kier molecular flexibility index (Phi) is 2.60. The highest BCUT2D eigenvalue weighted by molar-refractivity contribution is 7.18. The van der Waals surface area contributed by atoms with Gasteiger partial charge in [0.25, 0.3) is 0 Å². The number of carbonyl (C=O) groups excluding carboxylic acids is 1. The molecule has 20 heavy (non-hydrogen) atoms. The Bertz CT molecular complexity index is 663. The van der Waals surface area contributed by atoms with Gasteiger partial charge in [-0.2, -0.15) is 0 Å². The van der Waals surface area contributed by atoms with Gasteiger partial charge in [0.05, 0.1) is 15.6 Å². The third-order valence-corrected chi connectivity index (χ3v) is 5.30. The van der Waals surface area contributed by atoms with Gasteiger partial charge in [0, 0.05) is 19.0 Å². The van der Waals surface area contributed by atoms with Gasteiger partial charge in [-0.3, -0.25) is 4.79 Å². The normalized spacial score (nSPS) is 17.3. The predicted octanol–water partition coefficient (Wildman–Crippen LogP) is 3.44. The minimum absolute atomic E-state index is 0.236. The molecule has 0 radical (unpaired) electrons. The molecule has 1 aliphatic carbocycles. The summed E-state index contributed by atoms with van der Waals surface area (Å²) >= 11 is 1.56. The molecule has 4 rings (SSSR count). The number of benzene rings is 1. The standard InChI is InChI=1S/C16H16N2OS/c17-13-7-14(20-16(13)15(19)10-5-6-10)18-8-11-3-1-2-4-12(11)9-18/h1-4,7,10H,5-6,8-9,17H2.